The van der Waals surface area contributed by atoms with Gasteiger partial charge < -0.3 is 9.32 Å². The summed E-state index contributed by atoms with van der Waals surface area (Å²) in [6.45, 7) is 15.8. The first-order valence-electron chi connectivity index (χ1n) is 13.8. The first-order valence-corrected chi connectivity index (χ1v) is 14.6. The first-order chi connectivity index (χ1) is 18.1. The molecule has 4 nitrogen and oxygen atoms in total. The highest BCUT2D eigenvalue weighted by Gasteiger charge is 2.42. The van der Waals surface area contributed by atoms with Gasteiger partial charge in [0.1, 0.15) is 16.2 Å². The van der Waals surface area contributed by atoms with Crippen molar-refractivity contribution in [3.05, 3.63) is 69.6 Å². The largest absolute Gasteiger partial charge is 0.422 e. The zero-order valence-corrected chi connectivity index (χ0v) is 23.9. The second-order valence-electron chi connectivity index (χ2n) is 12.8. The molecule has 0 saturated heterocycles. The fourth-order valence-corrected chi connectivity index (χ4v) is 7.96. The van der Waals surface area contributed by atoms with Crippen LogP contribution in [0.5, 0.6) is 0 Å². The maximum Gasteiger partial charge on any atom is 0.346 e. The van der Waals surface area contributed by atoms with Crippen LogP contribution >= 0.6 is 11.3 Å². The third-order valence-electron chi connectivity index (χ3n) is 9.02. The molecule has 0 amide bonds. The average molecular weight is 523 g/mol. The van der Waals surface area contributed by atoms with Crippen molar-refractivity contribution < 1.29 is 4.42 Å². The first kappa shape index (κ1) is 23.9. The van der Waals surface area contributed by atoms with E-state index in [1.54, 1.807) is 11.3 Å². The van der Waals surface area contributed by atoms with E-state index in [1.807, 2.05) is 0 Å². The van der Waals surface area contributed by atoms with Crippen LogP contribution in [0.2, 0.25) is 0 Å². The Balaban J connectivity index is 1.60. The lowest BCUT2D eigenvalue weighted by Gasteiger charge is -2.48. The van der Waals surface area contributed by atoms with Crippen molar-refractivity contribution in [3.63, 3.8) is 0 Å². The molecule has 2 aliphatic rings. The number of rotatable bonds is 2. The van der Waals surface area contributed by atoms with Gasteiger partial charge in [-0.3, -0.25) is 0 Å². The van der Waals surface area contributed by atoms with Gasteiger partial charge in [0.05, 0.1) is 10.2 Å². The standard InChI is InChI=1S/C33H34N2O2S/c1-18(2)24-21-17-22-27-26(33(5,6)14-16-35(27)15-13-32(22,3)4)28(21)37-31(36)25(24)30-34-23-12-11-19-9-7-8-10-20(19)29(23)38-30/h7-12,17-18H,13-16H2,1-6H3. The maximum absolute atomic E-state index is 14.0. The number of hydrogen-bond donors (Lipinski definition) is 0. The van der Waals surface area contributed by atoms with Gasteiger partial charge >= 0.3 is 5.63 Å². The number of hydrogen-bond acceptors (Lipinski definition) is 5. The Bertz CT molecular complexity index is 1840. The van der Waals surface area contributed by atoms with Gasteiger partial charge in [-0.1, -0.05) is 71.9 Å². The maximum atomic E-state index is 14.0. The summed E-state index contributed by atoms with van der Waals surface area (Å²) >= 11 is 1.60. The van der Waals surface area contributed by atoms with E-state index in [-0.39, 0.29) is 22.4 Å². The molecular weight excluding hydrogens is 488 g/mol. The second-order valence-corrected chi connectivity index (χ2v) is 13.8. The van der Waals surface area contributed by atoms with Crippen molar-refractivity contribution in [1.29, 1.82) is 0 Å². The van der Waals surface area contributed by atoms with Crippen molar-refractivity contribution in [3.8, 4) is 10.6 Å². The highest BCUT2D eigenvalue weighted by Crippen LogP contribution is 2.53. The molecule has 0 spiro atoms. The minimum atomic E-state index is -0.274. The number of fused-ring (bicyclic) bond motifs is 5. The van der Waals surface area contributed by atoms with Gasteiger partial charge in [0.15, 0.2) is 0 Å². The van der Waals surface area contributed by atoms with Gasteiger partial charge in [-0.25, -0.2) is 9.78 Å². The highest BCUT2D eigenvalue weighted by atomic mass is 32.1. The molecule has 0 aliphatic carbocycles. The molecule has 0 bridgehead atoms. The number of thiazole rings is 1. The zero-order valence-electron chi connectivity index (χ0n) is 23.1. The Labute approximate surface area is 227 Å². The summed E-state index contributed by atoms with van der Waals surface area (Å²) in [5.74, 6) is 0.139. The molecule has 0 saturated carbocycles. The Morgan fingerprint density at radius 2 is 1.71 bits per heavy atom. The molecule has 0 unspecified atom stereocenters. The zero-order chi connectivity index (χ0) is 26.6. The molecule has 0 atom stereocenters. The van der Waals surface area contributed by atoms with E-state index in [9.17, 15) is 4.79 Å². The molecule has 7 rings (SSSR count). The highest BCUT2D eigenvalue weighted by molar-refractivity contribution is 7.22. The quantitative estimate of drug-likeness (QED) is 0.218. The molecule has 194 valence electrons. The smallest absolute Gasteiger partial charge is 0.346 e. The van der Waals surface area contributed by atoms with Gasteiger partial charge in [0.2, 0.25) is 0 Å². The molecule has 0 radical (unpaired) electrons. The van der Waals surface area contributed by atoms with E-state index in [1.165, 1.54) is 27.6 Å². The average Bonchev–Trinajstić information content (AvgIpc) is 3.30. The van der Waals surface area contributed by atoms with Crippen LogP contribution in [0.3, 0.4) is 0 Å². The molecule has 4 heterocycles. The minimum absolute atomic E-state index is 0.0571. The number of nitrogens with zero attached hydrogens (tertiary/aromatic N) is 2. The van der Waals surface area contributed by atoms with E-state index in [0.717, 1.165) is 57.7 Å². The summed E-state index contributed by atoms with van der Waals surface area (Å²) in [4.78, 5) is 21.5. The lowest BCUT2D eigenvalue weighted by Crippen LogP contribution is -2.44. The van der Waals surface area contributed by atoms with Crippen molar-refractivity contribution in [2.24, 2.45) is 0 Å². The monoisotopic (exact) mass is 522 g/mol. The van der Waals surface area contributed by atoms with Crippen LogP contribution in [-0.4, -0.2) is 18.1 Å². The third kappa shape index (κ3) is 3.27. The SMILES string of the molecule is CC(C)c1c(-c2nc3ccc4ccccc4c3s2)c(=O)oc2c3c4c(cc12)C(C)(C)CCN4CCC3(C)C. The fourth-order valence-electron chi connectivity index (χ4n) is 6.81. The minimum Gasteiger partial charge on any atom is -0.422 e. The summed E-state index contributed by atoms with van der Waals surface area (Å²) in [6, 6.07) is 14.9. The van der Waals surface area contributed by atoms with Crippen LogP contribution in [0.15, 0.2) is 51.7 Å². The van der Waals surface area contributed by atoms with Crippen LogP contribution in [0.25, 0.3) is 42.5 Å². The molecule has 3 aromatic carbocycles. The van der Waals surface area contributed by atoms with Crippen LogP contribution in [-0.2, 0) is 10.8 Å². The summed E-state index contributed by atoms with van der Waals surface area (Å²) in [7, 11) is 0. The second kappa shape index (κ2) is 7.92. The molecule has 5 aromatic rings. The molecular formula is C33H34N2O2S. The van der Waals surface area contributed by atoms with Gasteiger partial charge in [0.25, 0.3) is 0 Å². The molecule has 38 heavy (non-hydrogen) atoms. The topological polar surface area (TPSA) is 46.3 Å². The predicted octanol–water partition coefficient (Wildman–Crippen LogP) is 8.52. The summed E-state index contributed by atoms with van der Waals surface area (Å²) in [6.07, 6.45) is 2.17. The Morgan fingerprint density at radius 3 is 2.47 bits per heavy atom. The van der Waals surface area contributed by atoms with Crippen LogP contribution in [0.4, 0.5) is 5.69 Å². The Kier molecular flexibility index (Phi) is 4.98. The summed E-state index contributed by atoms with van der Waals surface area (Å²) in [5.41, 5.74) is 7.01. The van der Waals surface area contributed by atoms with E-state index in [0.29, 0.717) is 5.56 Å². The normalized spacial score (nSPS) is 18.0. The van der Waals surface area contributed by atoms with E-state index >= 15 is 0 Å². The van der Waals surface area contributed by atoms with E-state index in [2.05, 4.69) is 88.9 Å². The van der Waals surface area contributed by atoms with Crippen molar-refractivity contribution >= 4 is 49.0 Å². The molecule has 2 aliphatic heterocycles. The van der Waals surface area contributed by atoms with Gasteiger partial charge in [-0.05, 0) is 58.2 Å². The molecule has 5 heteroatoms. The van der Waals surface area contributed by atoms with Crippen LogP contribution in [0, 0.1) is 0 Å². The van der Waals surface area contributed by atoms with Gasteiger partial charge in [-0.2, -0.15) is 0 Å². The lowest BCUT2D eigenvalue weighted by molar-refractivity contribution is 0.398. The van der Waals surface area contributed by atoms with Gasteiger partial charge in [0, 0.05) is 35.1 Å². The summed E-state index contributed by atoms with van der Waals surface area (Å²) < 4.78 is 7.50. The third-order valence-corrected chi connectivity index (χ3v) is 10.1. The van der Waals surface area contributed by atoms with Crippen molar-refractivity contribution in [1.82, 2.24) is 4.98 Å². The van der Waals surface area contributed by atoms with E-state index < -0.39 is 0 Å². The van der Waals surface area contributed by atoms with Crippen LogP contribution < -0.4 is 10.5 Å². The Hall–Kier alpha value is -3.18. The van der Waals surface area contributed by atoms with Crippen molar-refractivity contribution in [2.45, 2.75) is 71.1 Å². The fraction of sp³-hybridized carbons (Fsp3) is 0.394. The molecule has 0 N–H and O–H groups in total. The summed E-state index contributed by atoms with van der Waals surface area (Å²) in [5, 5.41) is 4.19. The van der Waals surface area contributed by atoms with Crippen LogP contribution in [0.1, 0.15) is 77.0 Å². The Morgan fingerprint density at radius 1 is 0.974 bits per heavy atom. The van der Waals surface area contributed by atoms with Gasteiger partial charge in [-0.15, -0.1) is 11.3 Å². The van der Waals surface area contributed by atoms with Crippen molar-refractivity contribution in [2.75, 3.05) is 18.0 Å². The predicted molar refractivity (Wildman–Crippen MR) is 160 cm³/mol. The number of aromatic nitrogens is 1. The molecule has 2 aromatic heterocycles. The number of benzene rings is 3. The number of anilines is 1. The lowest BCUT2D eigenvalue weighted by atomic mass is 9.68. The molecule has 0 fully saturated rings. The van der Waals surface area contributed by atoms with E-state index in [4.69, 9.17) is 9.40 Å².